The highest BCUT2D eigenvalue weighted by Crippen LogP contribution is 2.23. The first kappa shape index (κ1) is 9.93. The molecular weight excluding hydrogens is 214 g/mol. The fraction of sp³-hybridized carbons (Fsp3) is 0.0909. The van der Waals surface area contributed by atoms with E-state index in [4.69, 9.17) is 16.7 Å². The number of aromatic nitrogens is 1. The summed E-state index contributed by atoms with van der Waals surface area (Å²) in [5.41, 5.74) is 1.80. The van der Waals surface area contributed by atoms with Gasteiger partial charge in [0.05, 0.1) is 16.1 Å². The summed E-state index contributed by atoms with van der Waals surface area (Å²) < 4.78 is 0. The summed E-state index contributed by atoms with van der Waals surface area (Å²) in [7, 11) is 0. The number of hydrogen-bond acceptors (Lipinski definition) is 2. The first-order valence-corrected chi connectivity index (χ1v) is 4.75. The molecule has 1 N–H and O–H groups in total. The second kappa shape index (κ2) is 3.51. The van der Waals surface area contributed by atoms with Gasteiger partial charge >= 0.3 is 5.97 Å². The fourth-order valence-corrected chi connectivity index (χ4v) is 1.66. The van der Waals surface area contributed by atoms with Gasteiger partial charge in [0.15, 0.2) is 0 Å². The Labute approximate surface area is 91.3 Å². The van der Waals surface area contributed by atoms with E-state index in [1.807, 2.05) is 13.0 Å². The quantitative estimate of drug-likeness (QED) is 0.806. The second-order valence-corrected chi connectivity index (χ2v) is 3.75. The van der Waals surface area contributed by atoms with Gasteiger partial charge in [0.25, 0.3) is 0 Å². The molecule has 0 atom stereocenters. The van der Waals surface area contributed by atoms with Crippen molar-refractivity contribution in [2.24, 2.45) is 0 Å². The van der Waals surface area contributed by atoms with Crippen molar-refractivity contribution < 1.29 is 9.90 Å². The van der Waals surface area contributed by atoms with Crippen molar-refractivity contribution in [2.45, 2.75) is 6.92 Å². The number of benzene rings is 1. The van der Waals surface area contributed by atoms with Crippen LogP contribution in [0.15, 0.2) is 24.4 Å². The maximum Gasteiger partial charge on any atom is 0.337 e. The number of fused-ring (bicyclic) bond motifs is 1. The Morgan fingerprint density at radius 1 is 1.40 bits per heavy atom. The molecule has 0 aliphatic rings. The van der Waals surface area contributed by atoms with E-state index in [-0.39, 0.29) is 10.6 Å². The summed E-state index contributed by atoms with van der Waals surface area (Å²) in [4.78, 5) is 15.0. The molecular formula is C11H8ClNO2. The normalized spacial score (nSPS) is 10.5. The number of pyridine rings is 1. The Bertz CT molecular complexity index is 552. The van der Waals surface area contributed by atoms with Crippen LogP contribution in [-0.4, -0.2) is 16.1 Å². The van der Waals surface area contributed by atoms with E-state index in [0.29, 0.717) is 5.52 Å². The first-order valence-electron chi connectivity index (χ1n) is 4.37. The molecule has 2 rings (SSSR count). The lowest BCUT2D eigenvalue weighted by atomic mass is 10.1. The largest absolute Gasteiger partial charge is 0.478 e. The molecule has 0 fully saturated rings. The van der Waals surface area contributed by atoms with Crippen LogP contribution in [-0.2, 0) is 0 Å². The Morgan fingerprint density at radius 3 is 2.80 bits per heavy atom. The minimum atomic E-state index is -1.02. The lowest BCUT2D eigenvalue weighted by Gasteiger charge is -2.02. The minimum Gasteiger partial charge on any atom is -0.478 e. The topological polar surface area (TPSA) is 50.2 Å². The van der Waals surface area contributed by atoms with E-state index in [1.54, 1.807) is 18.3 Å². The highest BCUT2D eigenvalue weighted by molar-refractivity contribution is 6.34. The summed E-state index contributed by atoms with van der Waals surface area (Å²) in [5.74, 6) is -1.02. The molecule has 0 saturated heterocycles. The summed E-state index contributed by atoms with van der Waals surface area (Å²) >= 11 is 5.82. The molecule has 0 aliphatic heterocycles. The molecule has 1 aromatic carbocycles. The van der Waals surface area contributed by atoms with Crippen LogP contribution < -0.4 is 0 Å². The van der Waals surface area contributed by atoms with Crippen molar-refractivity contribution >= 4 is 28.5 Å². The van der Waals surface area contributed by atoms with Crippen LogP contribution in [0.1, 0.15) is 15.9 Å². The van der Waals surface area contributed by atoms with E-state index in [0.717, 1.165) is 10.9 Å². The standard InChI is InChI=1S/C11H8ClNO2/c1-6-2-7-3-8(11(14)15)9(12)4-10(7)13-5-6/h2-5H,1H3,(H,14,15). The smallest absolute Gasteiger partial charge is 0.337 e. The van der Waals surface area contributed by atoms with Crippen LogP contribution in [0.2, 0.25) is 5.02 Å². The Hall–Kier alpha value is -1.61. The third-order valence-corrected chi connectivity index (χ3v) is 2.45. The number of carbonyl (C=O) groups is 1. The molecule has 3 nitrogen and oxygen atoms in total. The number of carboxylic acid groups (broad SMARTS) is 1. The Kier molecular flexibility index (Phi) is 2.32. The molecule has 0 aliphatic carbocycles. The highest BCUT2D eigenvalue weighted by Gasteiger charge is 2.10. The lowest BCUT2D eigenvalue weighted by molar-refractivity contribution is 0.0697. The lowest BCUT2D eigenvalue weighted by Crippen LogP contribution is -1.97. The highest BCUT2D eigenvalue weighted by atomic mass is 35.5. The van der Waals surface area contributed by atoms with Gasteiger partial charge in [0.1, 0.15) is 0 Å². The van der Waals surface area contributed by atoms with Crippen LogP contribution in [0.5, 0.6) is 0 Å². The average molecular weight is 222 g/mol. The van der Waals surface area contributed by atoms with Crippen molar-refractivity contribution in [1.29, 1.82) is 0 Å². The summed E-state index contributed by atoms with van der Waals surface area (Å²) in [5, 5.41) is 9.89. The van der Waals surface area contributed by atoms with Crippen molar-refractivity contribution in [1.82, 2.24) is 4.98 Å². The monoisotopic (exact) mass is 221 g/mol. The van der Waals surface area contributed by atoms with Crippen LogP contribution in [0.4, 0.5) is 0 Å². The number of carboxylic acids is 1. The number of nitrogens with zero attached hydrogens (tertiary/aromatic N) is 1. The number of halogens is 1. The third-order valence-electron chi connectivity index (χ3n) is 2.14. The van der Waals surface area contributed by atoms with Gasteiger partial charge < -0.3 is 5.11 Å². The predicted molar refractivity (Wildman–Crippen MR) is 58.4 cm³/mol. The van der Waals surface area contributed by atoms with Gasteiger partial charge in [-0.05, 0) is 30.7 Å². The van der Waals surface area contributed by atoms with E-state index in [9.17, 15) is 4.79 Å². The van der Waals surface area contributed by atoms with Gasteiger partial charge in [0.2, 0.25) is 0 Å². The number of aryl methyl sites for hydroxylation is 1. The molecule has 0 amide bonds. The summed E-state index contributed by atoms with van der Waals surface area (Å²) in [6.45, 7) is 1.90. The number of hydrogen-bond donors (Lipinski definition) is 1. The maximum absolute atomic E-state index is 10.8. The number of aromatic carboxylic acids is 1. The van der Waals surface area contributed by atoms with Crippen LogP contribution in [0, 0.1) is 6.92 Å². The third kappa shape index (κ3) is 1.78. The molecule has 2 aromatic rings. The maximum atomic E-state index is 10.8. The predicted octanol–water partition coefficient (Wildman–Crippen LogP) is 2.89. The molecule has 0 bridgehead atoms. The molecule has 0 radical (unpaired) electrons. The Morgan fingerprint density at radius 2 is 2.13 bits per heavy atom. The van der Waals surface area contributed by atoms with E-state index in [2.05, 4.69) is 4.98 Å². The van der Waals surface area contributed by atoms with E-state index >= 15 is 0 Å². The zero-order valence-corrected chi connectivity index (χ0v) is 8.75. The zero-order chi connectivity index (χ0) is 11.0. The van der Waals surface area contributed by atoms with Gasteiger partial charge in [-0.25, -0.2) is 4.79 Å². The van der Waals surface area contributed by atoms with Crippen LogP contribution in [0.25, 0.3) is 10.9 Å². The fourth-order valence-electron chi connectivity index (χ4n) is 1.42. The van der Waals surface area contributed by atoms with Crippen LogP contribution in [0.3, 0.4) is 0 Å². The van der Waals surface area contributed by atoms with Gasteiger partial charge in [-0.3, -0.25) is 4.98 Å². The number of rotatable bonds is 1. The van der Waals surface area contributed by atoms with Gasteiger partial charge in [-0.1, -0.05) is 11.6 Å². The van der Waals surface area contributed by atoms with Crippen molar-refractivity contribution in [3.8, 4) is 0 Å². The molecule has 4 heteroatoms. The molecule has 1 heterocycles. The van der Waals surface area contributed by atoms with E-state index in [1.165, 1.54) is 0 Å². The van der Waals surface area contributed by atoms with Crippen LogP contribution >= 0.6 is 11.6 Å². The van der Waals surface area contributed by atoms with Crippen molar-refractivity contribution in [2.75, 3.05) is 0 Å². The second-order valence-electron chi connectivity index (χ2n) is 3.34. The van der Waals surface area contributed by atoms with Gasteiger partial charge in [-0.15, -0.1) is 0 Å². The molecule has 0 saturated carbocycles. The van der Waals surface area contributed by atoms with Crippen molar-refractivity contribution in [3.63, 3.8) is 0 Å². The molecule has 0 unspecified atom stereocenters. The van der Waals surface area contributed by atoms with Crippen molar-refractivity contribution in [3.05, 3.63) is 40.5 Å². The summed E-state index contributed by atoms with van der Waals surface area (Å²) in [6, 6.07) is 4.99. The zero-order valence-electron chi connectivity index (χ0n) is 7.99. The minimum absolute atomic E-state index is 0.108. The molecule has 76 valence electrons. The molecule has 0 spiro atoms. The SMILES string of the molecule is Cc1cnc2cc(Cl)c(C(=O)O)cc2c1. The summed E-state index contributed by atoms with van der Waals surface area (Å²) in [6.07, 6.45) is 1.72. The molecule has 1 aromatic heterocycles. The van der Waals surface area contributed by atoms with E-state index < -0.39 is 5.97 Å². The van der Waals surface area contributed by atoms with Gasteiger partial charge in [-0.2, -0.15) is 0 Å². The molecule has 15 heavy (non-hydrogen) atoms. The average Bonchev–Trinajstić information content (AvgIpc) is 2.17. The first-order chi connectivity index (χ1) is 7.08. The van der Waals surface area contributed by atoms with Gasteiger partial charge in [0, 0.05) is 11.6 Å². The Balaban J connectivity index is 2.77.